The highest BCUT2D eigenvalue weighted by Crippen LogP contribution is 2.17. The lowest BCUT2D eigenvalue weighted by Gasteiger charge is -2.33. The van der Waals surface area contributed by atoms with Gasteiger partial charge in [-0.25, -0.2) is 4.98 Å². The lowest BCUT2D eigenvalue weighted by Crippen LogP contribution is -2.41. The molecular weight excluding hydrogens is 318 g/mol. The quantitative estimate of drug-likeness (QED) is 0.451. The molecule has 2 heterocycles. The maximum atomic E-state index is 4.48. The van der Waals surface area contributed by atoms with Crippen LogP contribution in [0.5, 0.6) is 0 Å². The Bertz CT molecular complexity index is 525. The van der Waals surface area contributed by atoms with Crippen LogP contribution in [0.2, 0.25) is 0 Å². The first-order chi connectivity index (χ1) is 11.6. The number of nitrogens with one attached hydrogen (secondary N) is 2. The number of piperidine rings is 1. The van der Waals surface area contributed by atoms with E-state index in [9.17, 15) is 0 Å². The van der Waals surface area contributed by atoms with Crippen molar-refractivity contribution < 1.29 is 0 Å². The number of aromatic nitrogens is 1. The van der Waals surface area contributed by atoms with Crippen molar-refractivity contribution in [1.29, 1.82) is 0 Å². The Balaban J connectivity index is 1.61. The number of hydrogen-bond acceptors (Lipinski definition) is 4. The standard InChI is InChI=1S/C18H33N5S/c1-14-8-5-6-12-23(14)13-7-10-20-18(19-4)21-11-9-17-15(2)22-16(3)24-17/h14H,5-13H2,1-4H3,(H2,19,20,21). The third-order valence-electron chi connectivity index (χ3n) is 4.72. The predicted molar refractivity (Wildman–Crippen MR) is 104 cm³/mol. The SMILES string of the molecule is CN=C(NCCCN1CCCCC1C)NCCc1sc(C)nc1C. The summed E-state index contributed by atoms with van der Waals surface area (Å²) in [5.74, 6) is 0.903. The van der Waals surface area contributed by atoms with Crippen molar-refractivity contribution in [3.05, 3.63) is 15.6 Å². The van der Waals surface area contributed by atoms with Gasteiger partial charge >= 0.3 is 0 Å². The highest BCUT2D eigenvalue weighted by Gasteiger charge is 2.17. The van der Waals surface area contributed by atoms with Crippen molar-refractivity contribution in [3.8, 4) is 0 Å². The molecule has 0 amide bonds. The average Bonchev–Trinajstić information content (AvgIpc) is 2.89. The molecule has 24 heavy (non-hydrogen) atoms. The summed E-state index contributed by atoms with van der Waals surface area (Å²) in [6, 6.07) is 0.752. The zero-order valence-corrected chi connectivity index (χ0v) is 16.5. The van der Waals surface area contributed by atoms with E-state index in [0.29, 0.717) is 0 Å². The molecule has 1 unspecified atom stereocenters. The molecule has 2 rings (SSSR count). The minimum absolute atomic E-state index is 0.752. The highest BCUT2D eigenvalue weighted by atomic mass is 32.1. The summed E-state index contributed by atoms with van der Waals surface area (Å²) in [6.45, 7) is 10.8. The van der Waals surface area contributed by atoms with Crippen LogP contribution in [0.3, 0.4) is 0 Å². The van der Waals surface area contributed by atoms with Gasteiger partial charge in [0.05, 0.1) is 10.7 Å². The summed E-state index contributed by atoms with van der Waals surface area (Å²) in [5.41, 5.74) is 1.16. The molecule has 0 saturated carbocycles. The van der Waals surface area contributed by atoms with E-state index in [1.165, 1.54) is 37.2 Å². The monoisotopic (exact) mass is 351 g/mol. The van der Waals surface area contributed by atoms with Gasteiger partial charge < -0.3 is 15.5 Å². The van der Waals surface area contributed by atoms with Crippen LogP contribution in [0, 0.1) is 13.8 Å². The molecule has 1 fully saturated rings. The van der Waals surface area contributed by atoms with Crippen molar-refractivity contribution in [1.82, 2.24) is 20.5 Å². The van der Waals surface area contributed by atoms with E-state index < -0.39 is 0 Å². The minimum Gasteiger partial charge on any atom is -0.356 e. The smallest absolute Gasteiger partial charge is 0.190 e. The van der Waals surface area contributed by atoms with Crippen molar-refractivity contribution >= 4 is 17.3 Å². The number of rotatable bonds is 7. The van der Waals surface area contributed by atoms with Crippen molar-refractivity contribution in [2.24, 2.45) is 4.99 Å². The van der Waals surface area contributed by atoms with E-state index in [1.807, 2.05) is 7.05 Å². The topological polar surface area (TPSA) is 52.6 Å². The van der Waals surface area contributed by atoms with Gasteiger partial charge in [-0.1, -0.05) is 6.42 Å². The molecule has 6 heteroatoms. The molecule has 1 aromatic rings. The molecule has 136 valence electrons. The van der Waals surface area contributed by atoms with Crippen LogP contribution in [-0.2, 0) is 6.42 Å². The number of thiazole rings is 1. The predicted octanol–water partition coefficient (Wildman–Crippen LogP) is 2.73. The van der Waals surface area contributed by atoms with Crippen LogP contribution in [0.4, 0.5) is 0 Å². The zero-order valence-electron chi connectivity index (χ0n) is 15.7. The lowest BCUT2D eigenvalue weighted by atomic mass is 10.0. The normalized spacial score (nSPS) is 19.5. The van der Waals surface area contributed by atoms with Crippen LogP contribution < -0.4 is 10.6 Å². The fraction of sp³-hybridized carbons (Fsp3) is 0.778. The molecule has 1 aliphatic heterocycles. The van der Waals surface area contributed by atoms with Crippen LogP contribution in [0.15, 0.2) is 4.99 Å². The second-order valence-corrected chi connectivity index (χ2v) is 7.94. The molecule has 2 N–H and O–H groups in total. The van der Waals surface area contributed by atoms with Crippen molar-refractivity contribution in [2.75, 3.05) is 33.2 Å². The average molecular weight is 352 g/mol. The van der Waals surface area contributed by atoms with Gasteiger partial charge in [0.15, 0.2) is 5.96 Å². The number of guanidine groups is 1. The van der Waals surface area contributed by atoms with Crippen LogP contribution in [0.1, 0.15) is 48.2 Å². The summed E-state index contributed by atoms with van der Waals surface area (Å²) >= 11 is 1.79. The summed E-state index contributed by atoms with van der Waals surface area (Å²) in [4.78, 5) is 12.8. The zero-order chi connectivity index (χ0) is 17.4. The Morgan fingerprint density at radius 1 is 1.29 bits per heavy atom. The molecule has 1 aromatic heterocycles. The number of nitrogens with zero attached hydrogens (tertiary/aromatic N) is 3. The van der Waals surface area contributed by atoms with Gasteiger partial charge in [-0.05, 0) is 46.6 Å². The van der Waals surface area contributed by atoms with E-state index >= 15 is 0 Å². The molecule has 0 bridgehead atoms. The molecule has 0 aromatic carbocycles. The second kappa shape index (κ2) is 9.99. The van der Waals surface area contributed by atoms with E-state index in [4.69, 9.17) is 0 Å². The number of aryl methyl sites for hydroxylation is 2. The number of aliphatic imine (C=N–C) groups is 1. The summed E-state index contributed by atoms with van der Waals surface area (Å²) in [7, 11) is 1.84. The van der Waals surface area contributed by atoms with E-state index in [1.54, 1.807) is 11.3 Å². The van der Waals surface area contributed by atoms with Gasteiger partial charge in [0.1, 0.15) is 0 Å². The van der Waals surface area contributed by atoms with Crippen LogP contribution in [0.25, 0.3) is 0 Å². The minimum atomic E-state index is 0.752. The van der Waals surface area contributed by atoms with Gasteiger partial charge in [-0.2, -0.15) is 0 Å². The molecule has 1 atom stereocenters. The fourth-order valence-corrected chi connectivity index (χ4v) is 4.24. The van der Waals surface area contributed by atoms with Crippen LogP contribution in [-0.4, -0.2) is 55.1 Å². The fourth-order valence-electron chi connectivity index (χ4n) is 3.30. The summed E-state index contributed by atoms with van der Waals surface area (Å²) in [6.07, 6.45) is 6.28. The summed E-state index contributed by atoms with van der Waals surface area (Å²) in [5, 5.41) is 7.99. The first kappa shape index (κ1) is 19.2. The molecule has 0 spiro atoms. The Kier molecular flexibility index (Phi) is 7.99. The second-order valence-electron chi connectivity index (χ2n) is 6.65. The third-order valence-corrected chi connectivity index (χ3v) is 5.86. The Hall–Kier alpha value is -1.14. The third kappa shape index (κ3) is 6.06. The van der Waals surface area contributed by atoms with E-state index in [0.717, 1.165) is 48.6 Å². The van der Waals surface area contributed by atoms with Crippen molar-refractivity contribution in [2.45, 2.75) is 58.9 Å². The number of likely N-dealkylation sites (tertiary alicyclic amines) is 1. The van der Waals surface area contributed by atoms with Gasteiger partial charge in [-0.3, -0.25) is 4.99 Å². The van der Waals surface area contributed by atoms with Gasteiger partial charge in [0.2, 0.25) is 0 Å². The van der Waals surface area contributed by atoms with E-state index in [2.05, 4.69) is 46.3 Å². The lowest BCUT2D eigenvalue weighted by molar-refractivity contribution is 0.159. The number of hydrogen-bond donors (Lipinski definition) is 2. The first-order valence-electron chi connectivity index (χ1n) is 9.21. The van der Waals surface area contributed by atoms with Gasteiger partial charge in [0, 0.05) is 44.0 Å². The Morgan fingerprint density at radius 2 is 2.08 bits per heavy atom. The van der Waals surface area contributed by atoms with Crippen molar-refractivity contribution in [3.63, 3.8) is 0 Å². The van der Waals surface area contributed by atoms with E-state index in [-0.39, 0.29) is 0 Å². The Labute approximate surface area is 151 Å². The first-order valence-corrected chi connectivity index (χ1v) is 10.0. The molecule has 0 aliphatic carbocycles. The molecule has 1 saturated heterocycles. The molecular formula is C18H33N5S. The maximum absolute atomic E-state index is 4.48. The maximum Gasteiger partial charge on any atom is 0.190 e. The molecule has 1 aliphatic rings. The largest absolute Gasteiger partial charge is 0.356 e. The van der Waals surface area contributed by atoms with Gasteiger partial charge in [0.25, 0.3) is 0 Å². The molecule has 5 nitrogen and oxygen atoms in total. The van der Waals surface area contributed by atoms with Gasteiger partial charge in [-0.15, -0.1) is 11.3 Å². The highest BCUT2D eigenvalue weighted by molar-refractivity contribution is 7.11. The van der Waals surface area contributed by atoms with Crippen LogP contribution >= 0.6 is 11.3 Å². The molecule has 0 radical (unpaired) electrons. The summed E-state index contributed by atoms with van der Waals surface area (Å²) < 4.78 is 0. The Morgan fingerprint density at radius 3 is 2.75 bits per heavy atom.